The van der Waals surface area contributed by atoms with Gasteiger partial charge in [-0.25, -0.2) is 9.18 Å². The lowest BCUT2D eigenvalue weighted by Gasteiger charge is -2.10. The highest BCUT2D eigenvalue weighted by Gasteiger charge is 2.21. The molecular weight excluding hydrogens is 383 g/mol. The molecule has 0 atom stereocenters. The second-order valence-corrected chi connectivity index (χ2v) is 6.43. The summed E-state index contributed by atoms with van der Waals surface area (Å²) in [5, 5.41) is 0.791. The van der Waals surface area contributed by atoms with Crippen molar-refractivity contribution in [1.82, 2.24) is 0 Å². The molecule has 28 heavy (non-hydrogen) atoms. The zero-order chi connectivity index (χ0) is 19.7. The Bertz CT molecular complexity index is 1230. The van der Waals surface area contributed by atoms with E-state index in [0.29, 0.717) is 16.2 Å². The van der Waals surface area contributed by atoms with Crippen LogP contribution in [0.5, 0.6) is 5.75 Å². The van der Waals surface area contributed by atoms with Gasteiger partial charge in [0.15, 0.2) is 5.76 Å². The van der Waals surface area contributed by atoms with Crippen molar-refractivity contribution in [2.75, 3.05) is 0 Å². The van der Waals surface area contributed by atoms with Crippen LogP contribution in [-0.2, 0) is 0 Å². The van der Waals surface area contributed by atoms with E-state index in [-0.39, 0.29) is 22.5 Å². The Morgan fingerprint density at radius 1 is 0.929 bits per heavy atom. The van der Waals surface area contributed by atoms with Gasteiger partial charge in [0, 0.05) is 10.6 Å². The average Bonchev–Trinajstić information content (AvgIpc) is 2.71. The van der Waals surface area contributed by atoms with E-state index < -0.39 is 17.2 Å². The van der Waals surface area contributed by atoms with Crippen LogP contribution in [-0.4, -0.2) is 5.97 Å². The third kappa shape index (κ3) is 3.40. The summed E-state index contributed by atoms with van der Waals surface area (Å²) in [5.74, 6) is -1.41. The number of rotatable bonds is 3. The molecule has 1 aromatic heterocycles. The van der Waals surface area contributed by atoms with Crippen LogP contribution in [0.4, 0.5) is 4.39 Å². The molecule has 0 aliphatic rings. The van der Waals surface area contributed by atoms with E-state index >= 15 is 0 Å². The Balaban J connectivity index is 1.87. The molecule has 4 rings (SSSR count). The molecule has 0 aliphatic carbocycles. The van der Waals surface area contributed by atoms with E-state index in [1.54, 1.807) is 48.5 Å². The van der Waals surface area contributed by atoms with Gasteiger partial charge in [-0.15, -0.1) is 0 Å². The first-order valence-corrected chi connectivity index (χ1v) is 8.70. The molecule has 0 fully saturated rings. The molecule has 0 amide bonds. The van der Waals surface area contributed by atoms with E-state index in [2.05, 4.69) is 0 Å². The van der Waals surface area contributed by atoms with Crippen LogP contribution >= 0.6 is 11.6 Å². The van der Waals surface area contributed by atoms with Gasteiger partial charge in [0.05, 0.1) is 10.9 Å². The average molecular weight is 395 g/mol. The number of esters is 1. The fraction of sp³-hybridized carbons (Fsp3) is 0. The molecule has 0 radical (unpaired) electrons. The van der Waals surface area contributed by atoms with Crippen molar-refractivity contribution in [3.63, 3.8) is 0 Å². The maximum absolute atomic E-state index is 13.1. The molecule has 4 aromatic rings. The smallest absolute Gasteiger partial charge is 0.343 e. The highest BCUT2D eigenvalue weighted by molar-refractivity contribution is 6.30. The predicted octanol–water partition coefficient (Wildman–Crippen LogP) is 5.47. The molecule has 0 N–H and O–H groups in total. The number of halogens is 2. The summed E-state index contributed by atoms with van der Waals surface area (Å²) in [5.41, 5.74) is 0.506. The minimum Gasteiger partial charge on any atom is -0.452 e. The van der Waals surface area contributed by atoms with Crippen molar-refractivity contribution >= 4 is 28.5 Å². The van der Waals surface area contributed by atoms with Crippen LogP contribution in [0, 0.1) is 5.82 Å². The van der Waals surface area contributed by atoms with Gasteiger partial charge >= 0.3 is 5.97 Å². The lowest BCUT2D eigenvalue weighted by Crippen LogP contribution is -2.16. The van der Waals surface area contributed by atoms with E-state index in [0.717, 1.165) is 12.1 Å². The molecule has 0 saturated heterocycles. The van der Waals surface area contributed by atoms with Crippen molar-refractivity contribution in [1.29, 1.82) is 0 Å². The van der Waals surface area contributed by atoms with Crippen LogP contribution in [0.25, 0.3) is 22.3 Å². The van der Waals surface area contributed by atoms with Crippen LogP contribution < -0.4 is 10.2 Å². The van der Waals surface area contributed by atoms with Crippen molar-refractivity contribution in [3.05, 3.63) is 99.4 Å². The summed E-state index contributed by atoms with van der Waals surface area (Å²) >= 11 is 5.93. The zero-order valence-electron chi connectivity index (χ0n) is 14.3. The molecule has 138 valence electrons. The second kappa shape index (κ2) is 7.29. The van der Waals surface area contributed by atoms with Gasteiger partial charge in [0.1, 0.15) is 11.4 Å². The molecule has 6 heteroatoms. The topological polar surface area (TPSA) is 56.5 Å². The maximum Gasteiger partial charge on any atom is 0.343 e. The molecule has 0 saturated carbocycles. The maximum atomic E-state index is 13.1. The van der Waals surface area contributed by atoms with E-state index in [1.165, 1.54) is 12.1 Å². The van der Waals surface area contributed by atoms with Crippen LogP contribution in [0.1, 0.15) is 10.4 Å². The standard InChI is InChI=1S/C22H12ClFO4/c23-15-9-5-13(6-10-15)20-21(19(25)17-3-1-2-4-18(17)27-20)28-22(26)14-7-11-16(24)12-8-14/h1-12H. The normalized spacial score (nSPS) is 10.8. The zero-order valence-corrected chi connectivity index (χ0v) is 15.1. The number of carbonyl (C=O) groups excluding carboxylic acids is 1. The van der Waals surface area contributed by atoms with Crippen molar-refractivity contribution < 1.29 is 18.3 Å². The van der Waals surface area contributed by atoms with Crippen LogP contribution in [0.2, 0.25) is 5.02 Å². The number of hydrogen-bond acceptors (Lipinski definition) is 4. The monoisotopic (exact) mass is 394 g/mol. The van der Waals surface area contributed by atoms with Crippen molar-refractivity contribution in [2.45, 2.75) is 0 Å². The number of hydrogen-bond donors (Lipinski definition) is 0. The lowest BCUT2D eigenvalue weighted by molar-refractivity contribution is 0.0731. The summed E-state index contributed by atoms with van der Waals surface area (Å²) in [7, 11) is 0. The van der Waals surface area contributed by atoms with Crippen LogP contribution in [0.15, 0.2) is 82.0 Å². The summed E-state index contributed by atoms with van der Waals surface area (Å²) in [6, 6.07) is 18.1. The van der Waals surface area contributed by atoms with Gasteiger partial charge in [0.2, 0.25) is 11.2 Å². The highest BCUT2D eigenvalue weighted by Crippen LogP contribution is 2.32. The minimum absolute atomic E-state index is 0.107. The number of para-hydroxylation sites is 1. The van der Waals surface area contributed by atoms with Crippen LogP contribution in [0.3, 0.4) is 0 Å². The van der Waals surface area contributed by atoms with Gasteiger partial charge in [0.25, 0.3) is 0 Å². The van der Waals surface area contributed by atoms with E-state index in [4.69, 9.17) is 20.8 Å². The van der Waals surface area contributed by atoms with E-state index in [9.17, 15) is 14.0 Å². The first kappa shape index (κ1) is 17.9. The third-order valence-corrected chi connectivity index (χ3v) is 4.39. The van der Waals surface area contributed by atoms with Crippen molar-refractivity contribution in [2.24, 2.45) is 0 Å². The lowest BCUT2D eigenvalue weighted by atomic mass is 10.1. The molecular formula is C22H12ClFO4. The molecule has 0 spiro atoms. The van der Waals surface area contributed by atoms with Gasteiger partial charge in [-0.3, -0.25) is 4.79 Å². The van der Waals surface area contributed by atoms with Gasteiger partial charge in [-0.05, 0) is 60.7 Å². The summed E-state index contributed by atoms with van der Waals surface area (Å²) in [4.78, 5) is 25.5. The fourth-order valence-corrected chi connectivity index (χ4v) is 2.87. The van der Waals surface area contributed by atoms with E-state index in [1.807, 2.05) is 0 Å². The molecule has 3 aromatic carbocycles. The summed E-state index contributed by atoms with van der Waals surface area (Å²) < 4.78 is 24.4. The molecule has 0 unspecified atom stereocenters. The quantitative estimate of drug-likeness (QED) is 0.432. The number of benzene rings is 3. The summed E-state index contributed by atoms with van der Waals surface area (Å²) in [6.45, 7) is 0. The number of ether oxygens (including phenoxy) is 1. The fourth-order valence-electron chi connectivity index (χ4n) is 2.75. The molecule has 0 aliphatic heterocycles. The van der Waals surface area contributed by atoms with Crippen molar-refractivity contribution in [3.8, 4) is 17.1 Å². The Kier molecular flexibility index (Phi) is 4.67. The summed E-state index contributed by atoms with van der Waals surface area (Å²) in [6.07, 6.45) is 0. The molecule has 1 heterocycles. The number of carbonyl (C=O) groups is 1. The number of fused-ring (bicyclic) bond motifs is 1. The minimum atomic E-state index is -0.794. The predicted molar refractivity (Wildman–Crippen MR) is 104 cm³/mol. The third-order valence-electron chi connectivity index (χ3n) is 4.14. The molecule has 0 bridgehead atoms. The van der Waals surface area contributed by atoms with Gasteiger partial charge in [-0.1, -0.05) is 23.7 Å². The largest absolute Gasteiger partial charge is 0.452 e. The molecule has 4 nitrogen and oxygen atoms in total. The van der Waals surface area contributed by atoms with Gasteiger partial charge < -0.3 is 9.15 Å². The Morgan fingerprint density at radius 3 is 2.32 bits per heavy atom. The first-order chi connectivity index (χ1) is 13.5. The first-order valence-electron chi connectivity index (χ1n) is 8.32. The second-order valence-electron chi connectivity index (χ2n) is 5.99. The Hall–Kier alpha value is -3.44. The Morgan fingerprint density at radius 2 is 1.61 bits per heavy atom. The van der Waals surface area contributed by atoms with Gasteiger partial charge in [-0.2, -0.15) is 0 Å². The SMILES string of the molecule is O=C(Oc1c(-c2ccc(Cl)cc2)oc2ccccc2c1=O)c1ccc(F)cc1. The Labute approximate surface area is 163 Å². The highest BCUT2D eigenvalue weighted by atomic mass is 35.5.